The molecule has 0 radical (unpaired) electrons. The van der Waals surface area contributed by atoms with Crippen molar-refractivity contribution in [1.29, 1.82) is 0 Å². The Hall–Kier alpha value is -3.32. The van der Waals surface area contributed by atoms with E-state index in [1.54, 1.807) is 4.90 Å². The fourth-order valence-electron chi connectivity index (χ4n) is 4.24. The van der Waals surface area contributed by atoms with E-state index in [0.29, 0.717) is 36.8 Å². The molecule has 2 heterocycles. The number of nitrogens with zero attached hydrogens (tertiary/aromatic N) is 2. The van der Waals surface area contributed by atoms with Crippen molar-refractivity contribution in [1.82, 2.24) is 14.8 Å². The van der Waals surface area contributed by atoms with E-state index in [0.717, 1.165) is 16.6 Å². The van der Waals surface area contributed by atoms with Gasteiger partial charge in [-0.3, -0.25) is 9.36 Å². The summed E-state index contributed by atoms with van der Waals surface area (Å²) in [5, 5.41) is 13.7. The van der Waals surface area contributed by atoms with Gasteiger partial charge in [-0.15, -0.1) is 12.4 Å². The van der Waals surface area contributed by atoms with E-state index in [4.69, 9.17) is 4.74 Å². The number of aromatic nitrogens is 1. The number of fused-ring (bicyclic) bond motifs is 1. The number of carbonyl (C=O) groups excluding carboxylic acids is 1. The van der Waals surface area contributed by atoms with Gasteiger partial charge in [-0.05, 0) is 30.3 Å². The number of hydrogen-bond donors (Lipinski definition) is 2. The number of benzene rings is 3. The fraction of sp³-hybridized carbons (Fsp3) is 0.192. The Bertz CT molecular complexity index is 1230. The number of halogens is 1. The topological polar surface area (TPSA) is 66.7 Å². The number of nitrogens with one attached hydrogen (secondary N) is 1. The smallest absolute Gasteiger partial charge is 0.260 e. The second kappa shape index (κ2) is 10.1. The van der Waals surface area contributed by atoms with Gasteiger partial charge in [0.15, 0.2) is 0 Å². The lowest BCUT2D eigenvalue weighted by Crippen LogP contribution is -2.54. The van der Waals surface area contributed by atoms with Gasteiger partial charge < -0.3 is 20.1 Å². The summed E-state index contributed by atoms with van der Waals surface area (Å²) in [6.45, 7) is 1.65. The zero-order valence-electron chi connectivity index (χ0n) is 18.1. The maximum Gasteiger partial charge on any atom is 0.260 e. The summed E-state index contributed by atoms with van der Waals surface area (Å²) >= 11 is 0. The number of rotatable bonds is 5. The van der Waals surface area contributed by atoms with Crippen molar-refractivity contribution in [2.75, 3.05) is 26.2 Å². The summed E-state index contributed by atoms with van der Waals surface area (Å²) in [6.07, 6.45) is 0. The number of piperazine rings is 1. The molecule has 4 aromatic rings. The molecule has 3 aromatic carbocycles. The van der Waals surface area contributed by atoms with Crippen LogP contribution in [0.3, 0.4) is 0 Å². The molecular weight excluding hydrogens is 438 g/mol. The molecule has 2 N–H and O–H groups in total. The van der Waals surface area contributed by atoms with E-state index < -0.39 is 0 Å². The molecule has 1 fully saturated rings. The summed E-state index contributed by atoms with van der Waals surface area (Å²) in [5.74, 6) is 1.06. The van der Waals surface area contributed by atoms with Gasteiger partial charge in [-0.2, -0.15) is 0 Å². The quantitative estimate of drug-likeness (QED) is 0.464. The van der Waals surface area contributed by atoms with Crippen LogP contribution in [0.1, 0.15) is 10.4 Å². The third-order valence-corrected chi connectivity index (χ3v) is 5.78. The molecule has 1 aromatic heterocycles. The predicted octanol–water partition coefficient (Wildman–Crippen LogP) is 4.25. The van der Waals surface area contributed by atoms with Gasteiger partial charge in [0.1, 0.15) is 11.3 Å². The molecular formula is C26H26ClN3O3. The number of ether oxygens (including phenoxy) is 1. The molecule has 170 valence electrons. The third kappa shape index (κ3) is 4.46. The van der Waals surface area contributed by atoms with E-state index in [1.807, 2.05) is 89.5 Å². The zero-order chi connectivity index (χ0) is 21.9. The number of amides is 1. The molecule has 0 aliphatic carbocycles. The third-order valence-electron chi connectivity index (χ3n) is 5.78. The second-order valence-electron chi connectivity index (χ2n) is 7.87. The first-order valence-electron chi connectivity index (χ1n) is 10.8. The molecule has 6 nitrogen and oxygen atoms in total. The summed E-state index contributed by atoms with van der Waals surface area (Å²) < 4.78 is 8.40. The van der Waals surface area contributed by atoms with E-state index in [2.05, 4.69) is 5.32 Å². The lowest BCUT2D eigenvalue weighted by Gasteiger charge is -2.33. The molecule has 1 atom stereocenters. The van der Waals surface area contributed by atoms with Crippen LogP contribution >= 0.6 is 12.4 Å². The van der Waals surface area contributed by atoms with Crippen molar-refractivity contribution in [3.05, 3.63) is 90.5 Å². The largest absolute Gasteiger partial charge is 0.440 e. The van der Waals surface area contributed by atoms with Gasteiger partial charge in [0.05, 0.1) is 12.1 Å². The lowest BCUT2D eigenvalue weighted by molar-refractivity contribution is 0.0670. The number of aliphatic hydroxyl groups is 1. The molecule has 0 spiro atoms. The van der Waals surface area contributed by atoms with Crippen molar-refractivity contribution < 1.29 is 14.6 Å². The van der Waals surface area contributed by atoms with Crippen LogP contribution < -0.4 is 10.1 Å². The maximum absolute atomic E-state index is 13.9. The van der Waals surface area contributed by atoms with E-state index in [9.17, 15) is 9.90 Å². The molecule has 33 heavy (non-hydrogen) atoms. The van der Waals surface area contributed by atoms with Gasteiger partial charge in [0.2, 0.25) is 5.88 Å². The minimum Gasteiger partial charge on any atom is -0.440 e. The Morgan fingerprint density at radius 3 is 2.36 bits per heavy atom. The summed E-state index contributed by atoms with van der Waals surface area (Å²) in [5.41, 5.74) is 2.36. The van der Waals surface area contributed by atoms with Crippen LogP contribution in [0.4, 0.5) is 0 Å². The van der Waals surface area contributed by atoms with Crippen LogP contribution in [-0.4, -0.2) is 52.8 Å². The minimum absolute atomic E-state index is 0. The molecule has 1 aliphatic rings. The van der Waals surface area contributed by atoms with Gasteiger partial charge in [-0.1, -0.05) is 54.6 Å². The average Bonchev–Trinajstić information content (AvgIpc) is 3.18. The van der Waals surface area contributed by atoms with Gasteiger partial charge >= 0.3 is 0 Å². The first-order chi connectivity index (χ1) is 15.8. The normalized spacial score (nSPS) is 15.8. The summed E-state index contributed by atoms with van der Waals surface area (Å²) in [6, 6.07) is 27.2. The average molecular weight is 464 g/mol. The van der Waals surface area contributed by atoms with E-state index in [-0.39, 0.29) is 31.0 Å². The molecule has 1 aliphatic heterocycles. The SMILES string of the molecule is Cl.O=C(c1c(Oc2ccccc2)n(-c2ccccc2)c2ccccc12)N1CCNC(CO)C1. The van der Waals surface area contributed by atoms with Crippen LogP contribution in [0.15, 0.2) is 84.9 Å². The molecule has 7 heteroatoms. The number of aliphatic hydroxyl groups excluding tert-OH is 1. The molecule has 0 bridgehead atoms. The Labute approximate surface area is 198 Å². The van der Waals surface area contributed by atoms with Crippen LogP contribution in [0.5, 0.6) is 11.6 Å². The van der Waals surface area contributed by atoms with Crippen molar-refractivity contribution in [2.45, 2.75) is 6.04 Å². The first kappa shape index (κ1) is 22.9. The van der Waals surface area contributed by atoms with Crippen molar-refractivity contribution in [2.24, 2.45) is 0 Å². The highest BCUT2D eigenvalue weighted by molar-refractivity contribution is 6.10. The van der Waals surface area contributed by atoms with Crippen LogP contribution in [-0.2, 0) is 0 Å². The lowest BCUT2D eigenvalue weighted by atomic mass is 10.1. The Balaban J connectivity index is 0.00000259. The minimum atomic E-state index is -0.131. The highest BCUT2D eigenvalue weighted by Crippen LogP contribution is 2.38. The predicted molar refractivity (Wildman–Crippen MR) is 132 cm³/mol. The second-order valence-corrected chi connectivity index (χ2v) is 7.87. The Morgan fingerprint density at radius 1 is 0.970 bits per heavy atom. The van der Waals surface area contributed by atoms with Crippen molar-refractivity contribution in [3.63, 3.8) is 0 Å². The van der Waals surface area contributed by atoms with Crippen LogP contribution in [0.2, 0.25) is 0 Å². The monoisotopic (exact) mass is 463 g/mol. The van der Waals surface area contributed by atoms with E-state index >= 15 is 0 Å². The molecule has 1 saturated heterocycles. The molecule has 1 amide bonds. The maximum atomic E-state index is 13.9. The zero-order valence-corrected chi connectivity index (χ0v) is 18.9. The number of hydrogen-bond acceptors (Lipinski definition) is 4. The standard InChI is InChI=1S/C26H25N3O3.ClH/c30-18-19-17-28(16-15-27-19)25(31)24-22-13-7-8-14-23(22)29(20-9-3-1-4-10-20)26(24)32-21-11-5-2-6-12-21;/h1-14,19,27,30H,15-18H2;1H. The van der Waals surface area contributed by atoms with Crippen LogP contribution in [0, 0.1) is 0 Å². The number of para-hydroxylation sites is 3. The first-order valence-corrected chi connectivity index (χ1v) is 10.8. The summed E-state index contributed by atoms with van der Waals surface area (Å²) in [7, 11) is 0. The van der Waals surface area contributed by atoms with Crippen LogP contribution in [0.25, 0.3) is 16.6 Å². The van der Waals surface area contributed by atoms with Crippen molar-refractivity contribution >= 4 is 29.2 Å². The molecule has 0 saturated carbocycles. The number of carbonyl (C=O) groups is 1. The Morgan fingerprint density at radius 2 is 1.64 bits per heavy atom. The van der Waals surface area contributed by atoms with Gasteiger partial charge in [0, 0.05) is 36.7 Å². The highest BCUT2D eigenvalue weighted by atomic mass is 35.5. The highest BCUT2D eigenvalue weighted by Gasteiger charge is 2.31. The Kier molecular flexibility index (Phi) is 6.99. The molecule has 1 unspecified atom stereocenters. The summed E-state index contributed by atoms with van der Waals surface area (Å²) in [4.78, 5) is 15.7. The van der Waals surface area contributed by atoms with Gasteiger partial charge in [0.25, 0.3) is 5.91 Å². The molecule has 5 rings (SSSR count). The van der Waals surface area contributed by atoms with Gasteiger partial charge in [-0.25, -0.2) is 0 Å². The van der Waals surface area contributed by atoms with E-state index in [1.165, 1.54) is 0 Å². The fourth-order valence-corrected chi connectivity index (χ4v) is 4.24. The van der Waals surface area contributed by atoms with Crippen molar-refractivity contribution in [3.8, 4) is 17.3 Å².